The molecule has 4 nitrogen and oxygen atoms in total. The van der Waals surface area contributed by atoms with Crippen LogP contribution in [0.5, 0.6) is 0 Å². The van der Waals surface area contributed by atoms with Crippen molar-refractivity contribution < 1.29 is 5.11 Å². The van der Waals surface area contributed by atoms with Crippen molar-refractivity contribution in [3.8, 4) is 0 Å². The molecule has 1 unspecified atom stereocenters. The third-order valence-corrected chi connectivity index (χ3v) is 4.12. The van der Waals surface area contributed by atoms with Gasteiger partial charge in [0.1, 0.15) is 5.82 Å². The minimum atomic E-state index is -0.686. The zero-order valence-electron chi connectivity index (χ0n) is 12.0. The van der Waals surface area contributed by atoms with Crippen LogP contribution in [-0.2, 0) is 0 Å². The van der Waals surface area contributed by atoms with Crippen molar-refractivity contribution in [1.82, 2.24) is 9.97 Å². The van der Waals surface area contributed by atoms with Gasteiger partial charge < -0.3 is 10.0 Å². The Morgan fingerprint density at radius 3 is 2.71 bits per heavy atom. The second-order valence-corrected chi connectivity index (χ2v) is 5.53. The Morgan fingerprint density at radius 1 is 1.29 bits per heavy atom. The Bertz CT molecular complexity index is 672. The van der Waals surface area contributed by atoms with E-state index in [1.807, 2.05) is 60.7 Å². The monoisotopic (exact) mass is 299 g/mol. The molecule has 1 aliphatic heterocycles. The van der Waals surface area contributed by atoms with Crippen molar-refractivity contribution >= 4 is 29.2 Å². The minimum Gasteiger partial charge on any atom is -0.369 e. The van der Waals surface area contributed by atoms with Crippen LogP contribution in [0.2, 0.25) is 0 Å². The van der Waals surface area contributed by atoms with E-state index in [2.05, 4.69) is 9.97 Å². The van der Waals surface area contributed by atoms with Crippen LogP contribution in [0.25, 0.3) is 11.6 Å². The summed E-state index contributed by atoms with van der Waals surface area (Å²) in [7, 11) is 0. The fourth-order valence-corrected chi connectivity index (χ4v) is 2.84. The number of aliphatic hydroxyl groups is 1. The number of nitrogens with zero attached hydrogens (tertiary/aromatic N) is 3. The fraction of sp³-hybridized carbons (Fsp3) is 0.250. The Hall–Kier alpha value is -1.85. The van der Waals surface area contributed by atoms with E-state index in [9.17, 15) is 5.11 Å². The highest BCUT2D eigenvalue weighted by molar-refractivity contribution is 7.98. The number of likely N-dealkylation sites (N-methyl/N-ethyl adjacent to an activating group) is 1. The van der Waals surface area contributed by atoms with E-state index >= 15 is 0 Å². The van der Waals surface area contributed by atoms with Crippen LogP contribution in [0.15, 0.2) is 41.7 Å². The summed E-state index contributed by atoms with van der Waals surface area (Å²) in [5, 5.41) is 11.4. The average molecular weight is 299 g/mol. The van der Waals surface area contributed by atoms with Gasteiger partial charge in [-0.1, -0.05) is 42.1 Å². The topological polar surface area (TPSA) is 49.2 Å². The van der Waals surface area contributed by atoms with Gasteiger partial charge in [-0.25, -0.2) is 9.97 Å². The molecule has 108 valence electrons. The molecular formula is C16H17N3OS. The molecule has 0 saturated heterocycles. The molecule has 2 aromatic rings. The van der Waals surface area contributed by atoms with Gasteiger partial charge in [0.2, 0.25) is 0 Å². The Kier molecular flexibility index (Phi) is 3.94. The summed E-state index contributed by atoms with van der Waals surface area (Å²) in [5.74, 6) is 0.795. The van der Waals surface area contributed by atoms with Gasteiger partial charge in [-0.15, -0.1) is 0 Å². The number of thioether (sulfide) groups is 1. The second-order valence-electron chi connectivity index (χ2n) is 4.76. The first kappa shape index (κ1) is 14.1. The van der Waals surface area contributed by atoms with E-state index in [1.54, 1.807) is 0 Å². The number of fused-ring (bicyclic) bond motifs is 1. The minimum absolute atomic E-state index is 0.684. The van der Waals surface area contributed by atoms with Gasteiger partial charge in [0.05, 0.1) is 0 Å². The van der Waals surface area contributed by atoms with Gasteiger partial charge >= 0.3 is 0 Å². The number of hydrogen-bond donors (Lipinski definition) is 1. The first-order valence-electron chi connectivity index (χ1n) is 6.87. The van der Waals surface area contributed by atoms with Crippen molar-refractivity contribution in [1.29, 1.82) is 0 Å². The van der Waals surface area contributed by atoms with E-state index in [4.69, 9.17) is 0 Å². The maximum Gasteiger partial charge on any atom is 0.189 e. The predicted molar refractivity (Wildman–Crippen MR) is 87.2 cm³/mol. The number of rotatable bonds is 3. The number of hydrogen-bond acceptors (Lipinski definition) is 5. The molecule has 0 spiro atoms. The lowest BCUT2D eigenvalue weighted by Crippen LogP contribution is -2.39. The van der Waals surface area contributed by atoms with E-state index in [0.29, 0.717) is 6.54 Å². The molecule has 3 rings (SSSR count). The summed E-state index contributed by atoms with van der Waals surface area (Å²) in [5.41, 5.74) is 2.84. The van der Waals surface area contributed by atoms with Crippen LogP contribution in [0.4, 0.5) is 5.82 Å². The maximum atomic E-state index is 10.7. The van der Waals surface area contributed by atoms with Crippen molar-refractivity contribution in [3.05, 3.63) is 47.7 Å². The molecule has 0 bridgehead atoms. The molecule has 5 heteroatoms. The summed E-state index contributed by atoms with van der Waals surface area (Å²) in [6, 6.07) is 9.93. The van der Waals surface area contributed by atoms with Crippen LogP contribution in [0.3, 0.4) is 0 Å². The largest absolute Gasteiger partial charge is 0.369 e. The third-order valence-electron chi connectivity index (χ3n) is 3.56. The van der Waals surface area contributed by atoms with Crippen LogP contribution in [0.1, 0.15) is 18.1 Å². The summed E-state index contributed by atoms with van der Waals surface area (Å²) in [4.78, 5) is 10.8. The van der Waals surface area contributed by atoms with Gasteiger partial charge in [0.15, 0.2) is 11.4 Å². The van der Waals surface area contributed by atoms with Crippen molar-refractivity contribution in [2.24, 2.45) is 0 Å². The third kappa shape index (κ3) is 2.54. The van der Waals surface area contributed by atoms with Gasteiger partial charge in [-0.2, -0.15) is 0 Å². The number of anilines is 1. The first-order valence-corrected chi connectivity index (χ1v) is 8.09. The molecule has 2 heterocycles. The summed E-state index contributed by atoms with van der Waals surface area (Å²) < 4.78 is 0. The van der Waals surface area contributed by atoms with Crippen molar-refractivity contribution in [2.45, 2.75) is 18.3 Å². The second kappa shape index (κ2) is 5.87. The smallest absolute Gasteiger partial charge is 0.189 e. The van der Waals surface area contributed by atoms with Gasteiger partial charge in [0.25, 0.3) is 0 Å². The van der Waals surface area contributed by atoms with Crippen LogP contribution < -0.4 is 4.90 Å². The molecule has 0 amide bonds. The van der Waals surface area contributed by atoms with Gasteiger partial charge in [0, 0.05) is 23.9 Å². The highest BCUT2D eigenvalue weighted by Crippen LogP contribution is 2.35. The average Bonchev–Trinajstić information content (AvgIpc) is 2.54. The van der Waals surface area contributed by atoms with Crippen molar-refractivity contribution in [2.75, 3.05) is 17.7 Å². The molecule has 0 saturated carbocycles. The molecule has 1 aromatic heterocycles. The zero-order valence-corrected chi connectivity index (χ0v) is 12.8. The van der Waals surface area contributed by atoms with Gasteiger partial charge in [-0.05, 0) is 24.8 Å². The lowest BCUT2D eigenvalue weighted by Gasteiger charge is -2.34. The number of benzene rings is 1. The van der Waals surface area contributed by atoms with Gasteiger partial charge in [-0.3, -0.25) is 0 Å². The van der Waals surface area contributed by atoms with E-state index < -0.39 is 6.23 Å². The first-order chi connectivity index (χ1) is 10.2. The van der Waals surface area contributed by atoms with Crippen LogP contribution in [-0.4, -0.2) is 34.1 Å². The lowest BCUT2D eigenvalue weighted by molar-refractivity contribution is 0.225. The molecular weight excluding hydrogens is 282 g/mol. The highest BCUT2D eigenvalue weighted by atomic mass is 32.2. The number of aromatic nitrogens is 2. The SMILES string of the molecule is CCN1c2nc(SC)ncc2C=C(c2ccccc2)C1O. The Morgan fingerprint density at radius 2 is 2.05 bits per heavy atom. The molecule has 1 aromatic carbocycles. The lowest BCUT2D eigenvalue weighted by atomic mass is 9.98. The number of aliphatic hydroxyl groups excluding tert-OH is 1. The summed E-state index contributed by atoms with van der Waals surface area (Å²) in [6.45, 7) is 2.70. The quantitative estimate of drug-likeness (QED) is 0.697. The normalized spacial score (nSPS) is 17.4. The molecule has 0 radical (unpaired) electrons. The highest BCUT2D eigenvalue weighted by Gasteiger charge is 2.28. The standard InChI is InChI=1S/C16H17N3OS/c1-3-19-14-12(10-17-16(18-14)21-2)9-13(15(19)20)11-7-5-4-6-8-11/h4-10,15,20H,3H2,1-2H3. The Balaban J connectivity index is 2.13. The predicted octanol–water partition coefficient (Wildman–Crippen LogP) is 2.90. The van der Waals surface area contributed by atoms with Crippen LogP contribution in [0, 0.1) is 0 Å². The van der Waals surface area contributed by atoms with Crippen molar-refractivity contribution in [3.63, 3.8) is 0 Å². The van der Waals surface area contributed by atoms with Crippen LogP contribution >= 0.6 is 11.8 Å². The van der Waals surface area contributed by atoms with E-state index in [-0.39, 0.29) is 0 Å². The molecule has 0 fully saturated rings. The molecule has 0 aliphatic carbocycles. The summed E-state index contributed by atoms with van der Waals surface area (Å²) >= 11 is 1.50. The Labute approximate surface area is 128 Å². The molecule has 1 N–H and O–H groups in total. The molecule has 21 heavy (non-hydrogen) atoms. The molecule has 1 atom stereocenters. The molecule has 1 aliphatic rings. The zero-order chi connectivity index (χ0) is 14.8. The summed E-state index contributed by atoms with van der Waals surface area (Å²) in [6.07, 6.45) is 5.06. The van der Waals surface area contributed by atoms with E-state index in [0.717, 1.165) is 27.7 Å². The fourth-order valence-electron chi connectivity index (χ4n) is 2.51. The maximum absolute atomic E-state index is 10.7. The van der Waals surface area contributed by atoms with E-state index in [1.165, 1.54) is 11.8 Å².